The molecular weight excluding hydrogens is 242 g/mol. The van der Waals surface area contributed by atoms with Gasteiger partial charge in [-0.1, -0.05) is 0 Å². The summed E-state index contributed by atoms with van der Waals surface area (Å²) in [5.74, 6) is -0.734. The van der Waals surface area contributed by atoms with E-state index in [1.165, 1.54) is 0 Å². The summed E-state index contributed by atoms with van der Waals surface area (Å²) in [5, 5.41) is 10.9. The minimum atomic E-state index is -0.902. The van der Waals surface area contributed by atoms with Crippen LogP contribution in [-0.2, 0) is 9.53 Å². The fourth-order valence-corrected chi connectivity index (χ4v) is 3.44. The summed E-state index contributed by atoms with van der Waals surface area (Å²) in [4.78, 5) is 14.5. The maximum absolute atomic E-state index is 12.2. The van der Waals surface area contributed by atoms with E-state index in [-0.39, 0.29) is 5.97 Å². The zero-order valence-corrected chi connectivity index (χ0v) is 12.8. The number of fused-ring (bicyclic) bond motifs is 2. The second-order valence-electron chi connectivity index (χ2n) is 7.32. The summed E-state index contributed by atoms with van der Waals surface area (Å²) in [6.45, 7) is 7.39. The van der Waals surface area contributed by atoms with E-state index in [0.29, 0.717) is 24.9 Å². The summed E-state index contributed by atoms with van der Waals surface area (Å²) in [6.07, 6.45) is 3.62. The van der Waals surface area contributed by atoms with Crippen molar-refractivity contribution in [3.63, 3.8) is 0 Å². The lowest BCUT2D eigenvalue weighted by Gasteiger charge is -2.44. The van der Waals surface area contributed by atoms with Crippen molar-refractivity contribution < 1.29 is 14.6 Å². The first-order valence-electron chi connectivity index (χ1n) is 7.29. The molecule has 0 radical (unpaired) electrons. The van der Waals surface area contributed by atoms with Crippen LogP contribution in [-0.4, -0.2) is 46.3 Å². The number of carbonyl (C=O) groups is 1. The van der Waals surface area contributed by atoms with Crippen LogP contribution in [0.4, 0.5) is 0 Å². The van der Waals surface area contributed by atoms with Gasteiger partial charge in [-0.05, 0) is 60.4 Å². The van der Waals surface area contributed by atoms with Gasteiger partial charge in [-0.2, -0.15) is 0 Å². The van der Waals surface area contributed by atoms with Crippen LogP contribution in [0.2, 0.25) is 0 Å². The van der Waals surface area contributed by atoms with Gasteiger partial charge in [-0.25, -0.2) is 0 Å². The van der Waals surface area contributed by atoms with Crippen molar-refractivity contribution in [2.75, 3.05) is 7.05 Å². The van der Waals surface area contributed by atoms with E-state index in [9.17, 15) is 9.90 Å². The van der Waals surface area contributed by atoms with E-state index in [1.54, 1.807) is 6.92 Å². The van der Waals surface area contributed by atoms with Crippen molar-refractivity contribution in [3.8, 4) is 0 Å². The number of piperidine rings is 1. The van der Waals surface area contributed by atoms with Gasteiger partial charge in [-0.15, -0.1) is 0 Å². The fourth-order valence-electron chi connectivity index (χ4n) is 3.44. The number of rotatable bonds is 2. The summed E-state index contributed by atoms with van der Waals surface area (Å²) in [7, 11) is 2.13. The molecular formula is C15H27NO3. The molecule has 4 nitrogen and oxygen atoms in total. The number of esters is 1. The molecule has 3 unspecified atom stereocenters. The average molecular weight is 269 g/mol. The fraction of sp³-hybridized carbons (Fsp3) is 0.933. The summed E-state index contributed by atoms with van der Waals surface area (Å²) < 4.78 is 5.42. The highest BCUT2D eigenvalue weighted by molar-refractivity contribution is 5.74. The lowest BCUT2D eigenvalue weighted by molar-refractivity contribution is -0.173. The van der Waals surface area contributed by atoms with Gasteiger partial charge < -0.3 is 14.7 Å². The van der Waals surface area contributed by atoms with Crippen molar-refractivity contribution in [2.45, 2.75) is 76.7 Å². The molecule has 0 aromatic heterocycles. The molecule has 0 aromatic rings. The van der Waals surface area contributed by atoms with Gasteiger partial charge in [0.15, 0.2) is 0 Å². The lowest BCUT2D eigenvalue weighted by atomic mass is 9.77. The van der Waals surface area contributed by atoms with Gasteiger partial charge in [0.25, 0.3) is 0 Å². The quantitative estimate of drug-likeness (QED) is 0.779. The van der Waals surface area contributed by atoms with Crippen molar-refractivity contribution >= 4 is 5.97 Å². The molecule has 1 N–H and O–H groups in total. The Morgan fingerprint density at radius 3 is 2.21 bits per heavy atom. The monoisotopic (exact) mass is 269 g/mol. The third-order valence-electron chi connectivity index (χ3n) is 4.73. The summed E-state index contributed by atoms with van der Waals surface area (Å²) >= 11 is 0. The van der Waals surface area contributed by atoms with Crippen LogP contribution in [0.15, 0.2) is 0 Å². The molecule has 0 amide bonds. The third-order valence-corrected chi connectivity index (χ3v) is 4.73. The molecule has 0 aromatic carbocycles. The molecule has 0 aliphatic carbocycles. The van der Waals surface area contributed by atoms with E-state index in [1.807, 2.05) is 20.8 Å². The number of ether oxygens (including phenoxy) is 1. The van der Waals surface area contributed by atoms with E-state index in [2.05, 4.69) is 11.9 Å². The normalized spacial score (nSPS) is 37.2. The Morgan fingerprint density at radius 2 is 1.79 bits per heavy atom. The molecule has 2 aliphatic heterocycles. The molecule has 19 heavy (non-hydrogen) atoms. The Balaban J connectivity index is 2.06. The lowest BCUT2D eigenvalue weighted by Crippen LogP contribution is -2.54. The number of hydrogen-bond acceptors (Lipinski definition) is 4. The standard InChI is InChI=1S/C15H27NO3/c1-10(13(17)19-14(2,3)4)15(18)8-11-6-7-12(9-15)16(11)5/h10-12,18H,6-9H2,1-5H3. The Labute approximate surface area is 116 Å². The minimum absolute atomic E-state index is 0.279. The highest BCUT2D eigenvalue weighted by Gasteiger charge is 2.51. The highest BCUT2D eigenvalue weighted by atomic mass is 16.6. The number of carbonyl (C=O) groups excluding carboxylic acids is 1. The Bertz CT molecular complexity index is 347. The van der Waals surface area contributed by atoms with Crippen LogP contribution in [0.25, 0.3) is 0 Å². The molecule has 2 saturated heterocycles. The topological polar surface area (TPSA) is 49.8 Å². The van der Waals surface area contributed by atoms with Crippen LogP contribution < -0.4 is 0 Å². The molecule has 2 aliphatic rings. The SMILES string of the molecule is CC(C(=O)OC(C)(C)C)C1(O)CC2CCC(C1)N2C. The Kier molecular flexibility index (Phi) is 3.69. The molecule has 110 valence electrons. The van der Waals surface area contributed by atoms with E-state index >= 15 is 0 Å². The van der Waals surface area contributed by atoms with Gasteiger partial charge in [0.05, 0.1) is 11.5 Å². The molecule has 4 heteroatoms. The molecule has 2 fully saturated rings. The minimum Gasteiger partial charge on any atom is -0.460 e. The first-order chi connectivity index (χ1) is 8.62. The maximum atomic E-state index is 12.2. The van der Waals surface area contributed by atoms with Gasteiger partial charge in [0, 0.05) is 12.1 Å². The third kappa shape index (κ3) is 2.95. The molecule has 3 atom stereocenters. The van der Waals surface area contributed by atoms with Crippen LogP contribution >= 0.6 is 0 Å². The van der Waals surface area contributed by atoms with E-state index in [4.69, 9.17) is 4.74 Å². The smallest absolute Gasteiger partial charge is 0.312 e. The van der Waals surface area contributed by atoms with Gasteiger partial charge in [0.2, 0.25) is 0 Å². The van der Waals surface area contributed by atoms with E-state index < -0.39 is 17.1 Å². The zero-order valence-electron chi connectivity index (χ0n) is 12.8. The molecule has 2 heterocycles. The van der Waals surface area contributed by atoms with Crippen molar-refractivity contribution in [1.82, 2.24) is 4.90 Å². The second kappa shape index (κ2) is 4.74. The highest BCUT2D eigenvalue weighted by Crippen LogP contribution is 2.43. The summed E-state index contributed by atoms with van der Waals surface area (Å²) in [5.41, 5.74) is -1.40. The van der Waals surface area contributed by atoms with Crippen molar-refractivity contribution in [1.29, 1.82) is 0 Å². The van der Waals surface area contributed by atoms with Crippen molar-refractivity contribution in [2.24, 2.45) is 5.92 Å². The van der Waals surface area contributed by atoms with Crippen molar-refractivity contribution in [3.05, 3.63) is 0 Å². The average Bonchev–Trinajstić information content (AvgIpc) is 2.50. The van der Waals surface area contributed by atoms with Crippen LogP contribution in [0, 0.1) is 5.92 Å². The summed E-state index contributed by atoms with van der Waals surface area (Å²) in [6, 6.07) is 0.822. The largest absolute Gasteiger partial charge is 0.460 e. The number of nitrogens with zero attached hydrogens (tertiary/aromatic N) is 1. The van der Waals surface area contributed by atoms with Crippen LogP contribution in [0.1, 0.15) is 53.4 Å². The number of hydrogen-bond donors (Lipinski definition) is 1. The van der Waals surface area contributed by atoms with Gasteiger partial charge >= 0.3 is 5.97 Å². The number of aliphatic hydroxyl groups is 1. The Morgan fingerprint density at radius 1 is 1.32 bits per heavy atom. The van der Waals surface area contributed by atoms with Gasteiger partial charge in [-0.3, -0.25) is 4.79 Å². The van der Waals surface area contributed by atoms with Crippen LogP contribution in [0.5, 0.6) is 0 Å². The molecule has 2 rings (SSSR count). The Hall–Kier alpha value is -0.610. The maximum Gasteiger partial charge on any atom is 0.312 e. The van der Waals surface area contributed by atoms with Gasteiger partial charge in [0.1, 0.15) is 5.60 Å². The first kappa shape index (κ1) is 14.8. The molecule has 0 spiro atoms. The van der Waals surface area contributed by atoms with E-state index in [0.717, 1.165) is 12.8 Å². The molecule has 2 bridgehead atoms. The zero-order chi connectivity index (χ0) is 14.4. The van der Waals surface area contributed by atoms with Crippen LogP contribution in [0.3, 0.4) is 0 Å². The molecule has 0 saturated carbocycles. The predicted octanol–water partition coefficient (Wildman–Crippen LogP) is 1.95. The predicted molar refractivity (Wildman–Crippen MR) is 73.8 cm³/mol. The first-order valence-corrected chi connectivity index (χ1v) is 7.29. The second-order valence-corrected chi connectivity index (χ2v) is 7.32.